The van der Waals surface area contributed by atoms with E-state index in [1.54, 1.807) is 12.1 Å². The molecule has 158 valence electrons. The Labute approximate surface area is 184 Å². The Balaban J connectivity index is 1.51. The lowest BCUT2D eigenvalue weighted by Gasteiger charge is -2.19. The molecule has 0 aliphatic heterocycles. The molecule has 31 heavy (non-hydrogen) atoms. The van der Waals surface area contributed by atoms with Crippen molar-refractivity contribution in [3.05, 3.63) is 77.1 Å². The van der Waals surface area contributed by atoms with Crippen LogP contribution in [0.5, 0.6) is 11.6 Å². The van der Waals surface area contributed by atoms with Crippen molar-refractivity contribution in [3.8, 4) is 11.6 Å². The number of thiophene rings is 1. The lowest BCUT2D eigenvalue weighted by Crippen LogP contribution is -2.13. The molecular weight excluding hydrogens is 410 g/mol. The number of aliphatic hydroxyl groups is 1. The van der Waals surface area contributed by atoms with E-state index in [2.05, 4.69) is 36.1 Å². The van der Waals surface area contributed by atoms with Crippen LogP contribution in [0.4, 0.5) is 5.69 Å². The predicted molar refractivity (Wildman–Crippen MR) is 123 cm³/mol. The van der Waals surface area contributed by atoms with Crippen molar-refractivity contribution in [1.29, 1.82) is 0 Å². The average molecular weight is 434 g/mol. The lowest BCUT2D eigenvalue weighted by atomic mass is 9.87. The summed E-state index contributed by atoms with van der Waals surface area (Å²) in [6.45, 7) is 6.23. The summed E-state index contributed by atoms with van der Waals surface area (Å²) in [6, 6.07) is 15.1. The van der Waals surface area contributed by atoms with Gasteiger partial charge in [-0.15, -0.1) is 11.3 Å². The molecule has 0 fully saturated rings. The summed E-state index contributed by atoms with van der Waals surface area (Å²) in [7, 11) is 0. The van der Waals surface area contributed by atoms with Crippen molar-refractivity contribution in [3.63, 3.8) is 0 Å². The Hall–Kier alpha value is -3.29. The number of rotatable bonds is 5. The van der Waals surface area contributed by atoms with Crippen LogP contribution in [0.1, 0.15) is 42.5 Å². The lowest BCUT2D eigenvalue weighted by molar-refractivity contribution is 0.102. The van der Waals surface area contributed by atoms with Gasteiger partial charge in [0.15, 0.2) is 5.82 Å². The molecule has 0 aliphatic rings. The molecule has 0 saturated carbocycles. The first kappa shape index (κ1) is 21.0. The van der Waals surface area contributed by atoms with Gasteiger partial charge in [0.05, 0.1) is 5.56 Å². The fourth-order valence-electron chi connectivity index (χ4n) is 3.13. The summed E-state index contributed by atoms with van der Waals surface area (Å²) in [5.41, 5.74) is 2.67. The molecule has 0 atom stereocenters. The maximum Gasteiger partial charge on any atom is 0.257 e. The van der Waals surface area contributed by atoms with E-state index in [0.29, 0.717) is 23.0 Å². The SMILES string of the molecule is CC(C)(C)c1ccc(NC(=O)c2csc3cc(Oc4ccnc(CO)n4)ccc23)cc1. The zero-order valence-electron chi connectivity index (χ0n) is 17.5. The summed E-state index contributed by atoms with van der Waals surface area (Å²) < 4.78 is 6.71. The van der Waals surface area contributed by atoms with Crippen LogP contribution in [0.2, 0.25) is 0 Å². The summed E-state index contributed by atoms with van der Waals surface area (Å²) in [5.74, 6) is 1.10. The second-order valence-electron chi connectivity index (χ2n) is 8.16. The molecular formula is C24H23N3O3S. The van der Waals surface area contributed by atoms with E-state index in [1.807, 2.05) is 41.8 Å². The van der Waals surface area contributed by atoms with Crippen molar-refractivity contribution in [1.82, 2.24) is 9.97 Å². The van der Waals surface area contributed by atoms with Gasteiger partial charge in [-0.3, -0.25) is 4.79 Å². The number of anilines is 1. The maximum absolute atomic E-state index is 12.8. The maximum atomic E-state index is 12.8. The Kier molecular flexibility index (Phi) is 5.71. The number of aromatic nitrogens is 2. The Morgan fingerprint density at radius 3 is 2.61 bits per heavy atom. The minimum absolute atomic E-state index is 0.0668. The van der Waals surface area contributed by atoms with E-state index in [0.717, 1.165) is 15.8 Å². The number of hydrogen-bond donors (Lipinski definition) is 2. The summed E-state index contributed by atoms with van der Waals surface area (Å²) in [4.78, 5) is 20.9. The van der Waals surface area contributed by atoms with Crippen molar-refractivity contribution in [2.75, 3.05) is 5.32 Å². The van der Waals surface area contributed by atoms with Crippen LogP contribution in [-0.4, -0.2) is 21.0 Å². The van der Waals surface area contributed by atoms with Crippen LogP contribution in [0, 0.1) is 0 Å². The third kappa shape index (κ3) is 4.73. The van der Waals surface area contributed by atoms with Crippen LogP contribution >= 0.6 is 11.3 Å². The van der Waals surface area contributed by atoms with Crippen molar-refractivity contribution in [2.45, 2.75) is 32.8 Å². The van der Waals surface area contributed by atoms with Gasteiger partial charge in [-0.2, -0.15) is 4.98 Å². The molecule has 4 aromatic rings. The molecule has 6 nitrogen and oxygen atoms in total. The first-order valence-electron chi connectivity index (χ1n) is 9.87. The topological polar surface area (TPSA) is 84.3 Å². The van der Waals surface area contributed by atoms with Crippen LogP contribution in [-0.2, 0) is 12.0 Å². The molecule has 0 bridgehead atoms. The zero-order valence-corrected chi connectivity index (χ0v) is 18.4. The highest BCUT2D eigenvalue weighted by molar-refractivity contribution is 7.17. The fourth-order valence-corrected chi connectivity index (χ4v) is 4.10. The van der Waals surface area contributed by atoms with E-state index >= 15 is 0 Å². The number of carbonyl (C=O) groups is 1. The molecule has 2 aromatic carbocycles. The molecule has 7 heteroatoms. The van der Waals surface area contributed by atoms with Gasteiger partial charge >= 0.3 is 0 Å². The molecule has 0 spiro atoms. The number of benzene rings is 2. The first-order valence-corrected chi connectivity index (χ1v) is 10.8. The highest BCUT2D eigenvalue weighted by atomic mass is 32.1. The number of aliphatic hydroxyl groups excluding tert-OH is 1. The number of hydrogen-bond acceptors (Lipinski definition) is 6. The minimum atomic E-state index is -0.251. The van der Waals surface area contributed by atoms with Crippen LogP contribution in [0.15, 0.2) is 60.1 Å². The molecule has 4 rings (SSSR count). The standard InChI is InChI=1S/C24H23N3O3S/c1-24(2,3)15-4-6-16(7-5-15)26-23(29)19-14-31-20-12-17(8-9-18(19)20)30-22-10-11-25-21(13-28)27-22/h4-12,14,28H,13H2,1-3H3,(H,26,29). The van der Waals surface area contributed by atoms with Gasteiger partial charge in [0.25, 0.3) is 5.91 Å². The Morgan fingerprint density at radius 1 is 1.13 bits per heavy atom. The summed E-state index contributed by atoms with van der Waals surface area (Å²) in [6.07, 6.45) is 1.54. The highest BCUT2D eigenvalue weighted by Crippen LogP contribution is 2.32. The first-order chi connectivity index (χ1) is 14.8. The Bertz CT molecular complexity index is 1230. The van der Waals surface area contributed by atoms with Gasteiger partial charge in [-0.25, -0.2) is 4.98 Å². The van der Waals surface area contributed by atoms with Gasteiger partial charge in [-0.05, 0) is 41.3 Å². The number of fused-ring (bicyclic) bond motifs is 1. The van der Waals surface area contributed by atoms with Crippen LogP contribution < -0.4 is 10.1 Å². The van der Waals surface area contributed by atoms with Gasteiger partial charge in [0.2, 0.25) is 5.88 Å². The summed E-state index contributed by atoms with van der Waals surface area (Å²) in [5, 5.41) is 14.9. The van der Waals surface area contributed by atoms with Gasteiger partial charge < -0.3 is 15.2 Å². The minimum Gasteiger partial charge on any atom is -0.439 e. The Morgan fingerprint density at radius 2 is 1.90 bits per heavy atom. The third-order valence-corrected chi connectivity index (χ3v) is 5.79. The number of amides is 1. The molecule has 2 heterocycles. The molecule has 0 aliphatic carbocycles. The van der Waals surface area contributed by atoms with E-state index in [-0.39, 0.29) is 17.9 Å². The smallest absolute Gasteiger partial charge is 0.257 e. The van der Waals surface area contributed by atoms with E-state index in [1.165, 1.54) is 23.1 Å². The highest BCUT2D eigenvalue weighted by Gasteiger charge is 2.16. The predicted octanol–water partition coefficient (Wildman–Crippen LogP) is 5.53. The van der Waals surface area contributed by atoms with E-state index < -0.39 is 0 Å². The molecule has 0 radical (unpaired) electrons. The summed E-state index contributed by atoms with van der Waals surface area (Å²) >= 11 is 1.48. The van der Waals surface area contributed by atoms with Crippen LogP contribution in [0.25, 0.3) is 10.1 Å². The van der Waals surface area contributed by atoms with E-state index in [4.69, 9.17) is 9.84 Å². The number of nitrogens with zero attached hydrogens (tertiary/aromatic N) is 2. The zero-order chi connectivity index (χ0) is 22.0. The fraction of sp³-hybridized carbons (Fsp3) is 0.208. The largest absolute Gasteiger partial charge is 0.439 e. The second-order valence-corrected chi connectivity index (χ2v) is 9.07. The van der Waals surface area contributed by atoms with Crippen molar-refractivity contribution < 1.29 is 14.6 Å². The monoisotopic (exact) mass is 433 g/mol. The number of nitrogens with one attached hydrogen (secondary N) is 1. The molecule has 0 unspecified atom stereocenters. The molecule has 2 N–H and O–H groups in total. The molecule has 1 amide bonds. The quantitative estimate of drug-likeness (QED) is 0.433. The van der Waals surface area contributed by atoms with Crippen LogP contribution in [0.3, 0.4) is 0 Å². The normalized spacial score (nSPS) is 11.5. The number of carbonyl (C=O) groups excluding carboxylic acids is 1. The third-order valence-electron chi connectivity index (χ3n) is 4.84. The molecule has 2 aromatic heterocycles. The number of ether oxygens (including phenoxy) is 1. The second kappa shape index (κ2) is 8.45. The van der Waals surface area contributed by atoms with Gasteiger partial charge in [0.1, 0.15) is 12.4 Å². The molecule has 0 saturated heterocycles. The average Bonchev–Trinajstić information content (AvgIpc) is 3.17. The van der Waals surface area contributed by atoms with Gasteiger partial charge in [0, 0.05) is 33.4 Å². The van der Waals surface area contributed by atoms with Gasteiger partial charge in [-0.1, -0.05) is 32.9 Å². The van der Waals surface area contributed by atoms with E-state index in [9.17, 15) is 4.79 Å². The van der Waals surface area contributed by atoms with Crippen molar-refractivity contribution >= 4 is 33.0 Å². The van der Waals surface area contributed by atoms with Crippen molar-refractivity contribution in [2.24, 2.45) is 0 Å².